The van der Waals surface area contributed by atoms with Gasteiger partial charge in [-0.3, -0.25) is 9.48 Å². The second kappa shape index (κ2) is 7.12. The fourth-order valence-corrected chi connectivity index (χ4v) is 2.10. The first kappa shape index (κ1) is 18.1. The molecule has 0 bridgehead atoms. The van der Waals surface area contributed by atoms with Gasteiger partial charge >= 0.3 is 6.18 Å². The smallest absolute Gasteiger partial charge is 0.435 e. The van der Waals surface area contributed by atoms with Crippen molar-refractivity contribution in [3.63, 3.8) is 0 Å². The van der Waals surface area contributed by atoms with Crippen LogP contribution in [0.4, 0.5) is 18.9 Å². The molecule has 0 atom stereocenters. The molecule has 1 amide bonds. The molecule has 0 spiro atoms. The van der Waals surface area contributed by atoms with Crippen molar-refractivity contribution >= 4 is 23.2 Å². The van der Waals surface area contributed by atoms with Crippen molar-refractivity contribution in [1.29, 1.82) is 0 Å². The SMILES string of the molecule is CC(C)Oc1ccc(NC(=O)Cn2ccc(C(F)(F)F)n2)cc1Cl. The molecule has 1 aromatic carbocycles. The van der Waals surface area contributed by atoms with Crippen LogP contribution in [0, 0.1) is 0 Å². The summed E-state index contributed by atoms with van der Waals surface area (Å²) in [7, 11) is 0. The van der Waals surface area contributed by atoms with E-state index < -0.39 is 17.8 Å². The molecule has 1 aromatic heterocycles. The molecule has 2 aromatic rings. The number of hydrogen-bond donors (Lipinski definition) is 1. The molecule has 0 unspecified atom stereocenters. The normalized spacial score (nSPS) is 11.6. The van der Waals surface area contributed by atoms with Crippen molar-refractivity contribution in [2.45, 2.75) is 32.7 Å². The maximum atomic E-state index is 12.5. The summed E-state index contributed by atoms with van der Waals surface area (Å²) < 4.78 is 43.7. The van der Waals surface area contributed by atoms with Gasteiger partial charge in [0.15, 0.2) is 5.69 Å². The lowest BCUT2D eigenvalue weighted by molar-refractivity contribution is -0.141. The zero-order valence-electron chi connectivity index (χ0n) is 12.9. The number of anilines is 1. The number of benzene rings is 1. The number of aromatic nitrogens is 2. The van der Waals surface area contributed by atoms with Crippen LogP contribution in [0.15, 0.2) is 30.5 Å². The number of nitrogens with one attached hydrogen (secondary N) is 1. The molecular formula is C15H15ClF3N3O2. The first-order valence-corrected chi connectivity index (χ1v) is 7.39. The summed E-state index contributed by atoms with van der Waals surface area (Å²) in [4.78, 5) is 11.9. The van der Waals surface area contributed by atoms with Crippen molar-refractivity contribution in [3.8, 4) is 5.75 Å². The fraction of sp³-hybridized carbons (Fsp3) is 0.333. The van der Waals surface area contributed by atoms with Gasteiger partial charge in [-0.25, -0.2) is 0 Å². The summed E-state index contributed by atoms with van der Waals surface area (Å²) in [6.45, 7) is 3.36. The van der Waals surface area contributed by atoms with Crippen LogP contribution in [0.1, 0.15) is 19.5 Å². The predicted molar refractivity (Wildman–Crippen MR) is 83.1 cm³/mol. The minimum absolute atomic E-state index is 0.0504. The van der Waals surface area contributed by atoms with E-state index in [1.165, 1.54) is 6.07 Å². The van der Waals surface area contributed by atoms with Gasteiger partial charge in [0, 0.05) is 11.9 Å². The monoisotopic (exact) mass is 361 g/mol. The molecule has 1 heterocycles. The number of nitrogens with zero attached hydrogens (tertiary/aromatic N) is 2. The molecule has 24 heavy (non-hydrogen) atoms. The van der Waals surface area contributed by atoms with E-state index in [2.05, 4.69) is 10.4 Å². The maximum Gasteiger partial charge on any atom is 0.435 e. The molecule has 0 radical (unpaired) electrons. The van der Waals surface area contributed by atoms with Gasteiger partial charge in [-0.05, 0) is 38.1 Å². The molecule has 0 saturated carbocycles. The lowest BCUT2D eigenvalue weighted by atomic mass is 10.3. The van der Waals surface area contributed by atoms with Gasteiger partial charge < -0.3 is 10.1 Å². The zero-order valence-corrected chi connectivity index (χ0v) is 13.6. The molecule has 0 aliphatic rings. The number of rotatable bonds is 5. The van der Waals surface area contributed by atoms with Gasteiger partial charge in [-0.1, -0.05) is 11.6 Å². The van der Waals surface area contributed by atoms with E-state index in [0.29, 0.717) is 16.5 Å². The van der Waals surface area contributed by atoms with Gasteiger partial charge in [-0.15, -0.1) is 0 Å². The fourth-order valence-electron chi connectivity index (χ4n) is 1.88. The van der Waals surface area contributed by atoms with Crippen LogP contribution < -0.4 is 10.1 Å². The summed E-state index contributed by atoms with van der Waals surface area (Å²) in [5.74, 6) is -0.0491. The minimum atomic E-state index is -4.54. The Kier molecular flexibility index (Phi) is 5.38. The van der Waals surface area contributed by atoms with Gasteiger partial charge in [0.2, 0.25) is 5.91 Å². The van der Waals surface area contributed by atoms with Crippen LogP contribution >= 0.6 is 11.6 Å². The zero-order chi connectivity index (χ0) is 17.9. The van der Waals surface area contributed by atoms with Crippen molar-refractivity contribution in [2.75, 3.05) is 5.32 Å². The van der Waals surface area contributed by atoms with Crippen molar-refractivity contribution in [1.82, 2.24) is 9.78 Å². The third kappa shape index (κ3) is 4.89. The highest BCUT2D eigenvalue weighted by Gasteiger charge is 2.33. The molecule has 1 N–H and O–H groups in total. The Morgan fingerprint density at radius 3 is 2.62 bits per heavy atom. The number of carbonyl (C=O) groups is 1. The molecule has 2 rings (SSSR count). The Hall–Kier alpha value is -2.22. The molecule has 0 saturated heterocycles. The Bertz CT molecular complexity index is 729. The van der Waals surface area contributed by atoms with E-state index in [9.17, 15) is 18.0 Å². The number of alkyl halides is 3. The van der Waals surface area contributed by atoms with Gasteiger partial charge in [0.05, 0.1) is 11.1 Å². The first-order valence-electron chi connectivity index (χ1n) is 7.02. The molecule has 5 nitrogen and oxygen atoms in total. The number of halogens is 4. The predicted octanol–water partition coefficient (Wildman–Crippen LogP) is 3.98. The Morgan fingerprint density at radius 2 is 2.08 bits per heavy atom. The number of carbonyl (C=O) groups excluding carboxylic acids is 1. The van der Waals surface area contributed by atoms with E-state index >= 15 is 0 Å². The Balaban J connectivity index is 1.99. The molecule has 0 fully saturated rings. The second-order valence-corrected chi connectivity index (χ2v) is 5.66. The van der Waals surface area contributed by atoms with Crippen LogP contribution in [0.5, 0.6) is 5.75 Å². The topological polar surface area (TPSA) is 56.1 Å². The van der Waals surface area contributed by atoms with E-state index in [1.54, 1.807) is 12.1 Å². The number of ether oxygens (including phenoxy) is 1. The summed E-state index contributed by atoms with van der Waals surface area (Å²) in [6.07, 6.45) is -3.50. The lowest BCUT2D eigenvalue weighted by Crippen LogP contribution is -2.19. The van der Waals surface area contributed by atoms with E-state index in [-0.39, 0.29) is 12.6 Å². The molecule has 0 aliphatic carbocycles. The van der Waals surface area contributed by atoms with Crippen molar-refractivity contribution in [3.05, 3.63) is 41.2 Å². The van der Waals surface area contributed by atoms with Crippen molar-refractivity contribution in [2.24, 2.45) is 0 Å². The standard InChI is InChI=1S/C15H15ClF3N3O2/c1-9(2)24-12-4-3-10(7-11(12)16)20-14(23)8-22-6-5-13(21-22)15(17,18)19/h3-7,9H,8H2,1-2H3,(H,20,23). The van der Waals surface area contributed by atoms with Crippen LogP contribution in [0.25, 0.3) is 0 Å². The average molecular weight is 362 g/mol. The van der Waals surface area contributed by atoms with Gasteiger partial charge in [0.1, 0.15) is 12.3 Å². The average Bonchev–Trinajstić information content (AvgIpc) is 2.90. The Morgan fingerprint density at radius 1 is 1.38 bits per heavy atom. The first-order chi connectivity index (χ1) is 11.1. The molecule has 9 heteroatoms. The quantitative estimate of drug-likeness (QED) is 0.876. The highest BCUT2D eigenvalue weighted by molar-refractivity contribution is 6.32. The number of amides is 1. The summed E-state index contributed by atoms with van der Waals surface area (Å²) in [5, 5.41) is 6.17. The third-order valence-corrected chi connectivity index (χ3v) is 3.11. The largest absolute Gasteiger partial charge is 0.489 e. The summed E-state index contributed by atoms with van der Waals surface area (Å²) in [6, 6.07) is 5.50. The van der Waals surface area contributed by atoms with E-state index in [4.69, 9.17) is 16.3 Å². The third-order valence-electron chi connectivity index (χ3n) is 2.82. The minimum Gasteiger partial charge on any atom is -0.489 e. The highest BCUT2D eigenvalue weighted by Crippen LogP contribution is 2.29. The molecular weight excluding hydrogens is 347 g/mol. The van der Waals surface area contributed by atoms with Crippen molar-refractivity contribution < 1.29 is 22.7 Å². The van der Waals surface area contributed by atoms with Crippen LogP contribution in [0.3, 0.4) is 0 Å². The van der Waals surface area contributed by atoms with E-state index in [1.807, 2.05) is 13.8 Å². The van der Waals surface area contributed by atoms with Crippen LogP contribution in [0.2, 0.25) is 5.02 Å². The lowest BCUT2D eigenvalue weighted by Gasteiger charge is -2.12. The summed E-state index contributed by atoms with van der Waals surface area (Å²) in [5.41, 5.74) is -0.641. The van der Waals surface area contributed by atoms with Gasteiger partial charge in [0.25, 0.3) is 0 Å². The second-order valence-electron chi connectivity index (χ2n) is 5.26. The number of hydrogen-bond acceptors (Lipinski definition) is 3. The van der Waals surface area contributed by atoms with Crippen LogP contribution in [-0.4, -0.2) is 21.8 Å². The highest BCUT2D eigenvalue weighted by atomic mass is 35.5. The molecule has 0 aliphatic heterocycles. The summed E-state index contributed by atoms with van der Waals surface area (Å²) >= 11 is 6.05. The van der Waals surface area contributed by atoms with Crippen LogP contribution in [-0.2, 0) is 17.5 Å². The van der Waals surface area contributed by atoms with Gasteiger partial charge in [-0.2, -0.15) is 18.3 Å². The maximum absolute atomic E-state index is 12.5. The molecule has 130 valence electrons. The Labute approximate surface area is 141 Å². The van der Waals surface area contributed by atoms with E-state index in [0.717, 1.165) is 16.9 Å².